The first-order valence-electron chi connectivity index (χ1n) is 7.84. The van der Waals surface area contributed by atoms with Crippen molar-refractivity contribution < 1.29 is 23.5 Å². The first-order chi connectivity index (χ1) is 11.5. The quantitative estimate of drug-likeness (QED) is 0.650. The average molecular weight is 340 g/mol. The maximum Gasteiger partial charge on any atom is 0.320 e. The maximum absolute atomic E-state index is 13.5. The number of halogens is 1. The summed E-state index contributed by atoms with van der Waals surface area (Å²) in [5.41, 5.74) is 1.24. The summed E-state index contributed by atoms with van der Waals surface area (Å²) < 4.78 is 23.4. The largest absolute Gasteiger partial charge is 0.465 e. The van der Waals surface area contributed by atoms with Gasteiger partial charge >= 0.3 is 5.97 Å². The monoisotopic (exact) mass is 340 g/mol. The Labute approximate surface area is 141 Å². The van der Waals surface area contributed by atoms with E-state index in [0.717, 1.165) is 0 Å². The van der Waals surface area contributed by atoms with E-state index in [-0.39, 0.29) is 37.3 Å². The molecule has 0 bridgehead atoms. The number of aryl methyl sites for hydroxylation is 1. The Kier molecular flexibility index (Phi) is 8.96. The molecule has 0 fully saturated rings. The second kappa shape index (κ2) is 10.7. The number of rotatable bonds is 10. The summed E-state index contributed by atoms with van der Waals surface area (Å²) in [5, 5.41) is 2.72. The average Bonchev–Trinajstić information content (AvgIpc) is 2.54. The lowest BCUT2D eigenvalue weighted by Gasteiger charge is -2.20. The molecular formula is C17H25FN2O4. The van der Waals surface area contributed by atoms with Gasteiger partial charge in [-0.1, -0.05) is 12.1 Å². The number of carbonyl (C=O) groups excluding carboxylic acids is 2. The summed E-state index contributed by atoms with van der Waals surface area (Å²) in [5.74, 6) is -0.941. The Morgan fingerprint density at radius 2 is 2.04 bits per heavy atom. The Balaban J connectivity index is 2.50. The molecule has 24 heavy (non-hydrogen) atoms. The fourth-order valence-corrected chi connectivity index (χ4v) is 2.03. The van der Waals surface area contributed by atoms with E-state index in [1.165, 1.54) is 6.07 Å². The molecule has 0 heterocycles. The Morgan fingerprint density at radius 3 is 2.67 bits per heavy atom. The van der Waals surface area contributed by atoms with Crippen molar-refractivity contribution in [3.05, 3.63) is 35.1 Å². The summed E-state index contributed by atoms with van der Waals surface area (Å²) in [6, 6.07) is 4.83. The van der Waals surface area contributed by atoms with Gasteiger partial charge < -0.3 is 14.8 Å². The van der Waals surface area contributed by atoms with Gasteiger partial charge in [0.1, 0.15) is 5.82 Å². The van der Waals surface area contributed by atoms with Gasteiger partial charge in [0.2, 0.25) is 5.91 Å². The molecule has 1 amide bonds. The fourth-order valence-electron chi connectivity index (χ4n) is 2.03. The van der Waals surface area contributed by atoms with Crippen LogP contribution in [0.4, 0.5) is 4.39 Å². The molecule has 0 unspecified atom stereocenters. The summed E-state index contributed by atoms with van der Waals surface area (Å²) >= 11 is 0. The van der Waals surface area contributed by atoms with Crippen molar-refractivity contribution in [2.45, 2.75) is 20.4 Å². The van der Waals surface area contributed by atoms with Crippen LogP contribution in [-0.2, 0) is 25.6 Å². The van der Waals surface area contributed by atoms with Gasteiger partial charge in [0.25, 0.3) is 0 Å². The number of nitrogens with zero attached hydrogens (tertiary/aromatic N) is 1. The van der Waals surface area contributed by atoms with Crippen molar-refractivity contribution in [1.82, 2.24) is 10.2 Å². The van der Waals surface area contributed by atoms with E-state index in [0.29, 0.717) is 30.9 Å². The molecule has 134 valence electrons. The van der Waals surface area contributed by atoms with E-state index in [1.807, 2.05) is 0 Å². The van der Waals surface area contributed by atoms with Crippen molar-refractivity contribution in [2.24, 2.45) is 0 Å². The minimum absolute atomic E-state index is 0.0176. The highest BCUT2D eigenvalue weighted by atomic mass is 19.1. The molecule has 0 aliphatic heterocycles. The van der Waals surface area contributed by atoms with E-state index in [4.69, 9.17) is 9.47 Å². The number of amides is 1. The summed E-state index contributed by atoms with van der Waals surface area (Å²) in [7, 11) is 1.55. The molecule has 1 rings (SSSR count). The van der Waals surface area contributed by atoms with E-state index >= 15 is 0 Å². The molecule has 0 radical (unpaired) electrons. The van der Waals surface area contributed by atoms with Crippen molar-refractivity contribution in [3.63, 3.8) is 0 Å². The zero-order valence-corrected chi connectivity index (χ0v) is 14.4. The number of benzene rings is 1. The van der Waals surface area contributed by atoms with Crippen LogP contribution in [0, 0.1) is 12.7 Å². The third kappa shape index (κ3) is 7.52. The Hall–Kier alpha value is -1.99. The second-order valence-corrected chi connectivity index (χ2v) is 5.37. The van der Waals surface area contributed by atoms with Gasteiger partial charge in [-0.25, -0.2) is 4.39 Å². The molecule has 7 heteroatoms. The third-order valence-corrected chi connectivity index (χ3v) is 3.36. The van der Waals surface area contributed by atoms with Crippen molar-refractivity contribution in [3.8, 4) is 0 Å². The molecule has 0 saturated carbocycles. The van der Waals surface area contributed by atoms with Crippen LogP contribution in [0.15, 0.2) is 18.2 Å². The minimum atomic E-state index is -0.387. The van der Waals surface area contributed by atoms with Gasteiger partial charge in [0.15, 0.2) is 0 Å². The molecule has 0 aliphatic carbocycles. The number of nitrogens with one attached hydrogen (secondary N) is 1. The Morgan fingerprint density at radius 1 is 1.29 bits per heavy atom. The lowest BCUT2D eigenvalue weighted by Crippen LogP contribution is -2.41. The number of methoxy groups -OCH3 is 1. The predicted octanol–water partition coefficient (Wildman–Crippen LogP) is 1.26. The van der Waals surface area contributed by atoms with Crippen LogP contribution in [0.1, 0.15) is 18.1 Å². The highest BCUT2D eigenvalue weighted by Gasteiger charge is 2.15. The van der Waals surface area contributed by atoms with Gasteiger partial charge in [-0.3, -0.25) is 14.5 Å². The highest BCUT2D eigenvalue weighted by molar-refractivity contribution is 5.79. The number of hydrogen-bond acceptors (Lipinski definition) is 5. The zero-order chi connectivity index (χ0) is 17.9. The van der Waals surface area contributed by atoms with Crippen LogP contribution in [0.3, 0.4) is 0 Å². The lowest BCUT2D eigenvalue weighted by molar-refractivity contribution is -0.144. The van der Waals surface area contributed by atoms with Gasteiger partial charge in [0, 0.05) is 20.2 Å². The fraction of sp³-hybridized carbons (Fsp3) is 0.529. The number of carbonyl (C=O) groups is 2. The van der Waals surface area contributed by atoms with Crippen LogP contribution in [-0.4, -0.2) is 56.7 Å². The van der Waals surface area contributed by atoms with Crippen LogP contribution >= 0.6 is 0 Å². The number of esters is 1. The standard InChI is InChI=1S/C17H25FN2O4/c1-4-24-17(22)12-20(7-8-23-3)11-16(21)19-10-14-6-5-13(2)15(18)9-14/h5-6,9H,4,7-8,10-12H2,1-3H3,(H,19,21). The molecule has 0 saturated heterocycles. The minimum Gasteiger partial charge on any atom is -0.465 e. The van der Waals surface area contributed by atoms with E-state index in [1.54, 1.807) is 38.0 Å². The van der Waals surface area contributed by atoms with Crippen molar-refractivity contribution in [1.29, 1.82) is 0 Å². The molecule has 1 aromatic carbocycles. The smallest absolute Gasteiger partial charge is 0.320 e. The Bertz CT molecular complexity index is 551. The van der Waals surface area contributed by atoms with Gasteiger partial charge in [-0.2, -0.15) is 0 Å². The first kappa shape index (κ1) is 20.1. The van der Waals surface area contributed by atoms with E-state index in [2.05, 4.69) is 5.32 Å². The normalized spacial score (nSPS) is 10.7. The molecule has 0 atom stereocenters. The first-order valence-corrected chi connectivity index (χ1v) is 7.84. The number of hydrogen-bond donors (Lipinski definition) is 1. The topological polar surface area (TPSA) is 67.9 Å². The summed E-state index contributed by atoms with van der Waals surface area (Å²) in [4.78, 5) is 25.3. The van der Waals surface area contributed by atoms with Crippen molar-refractivity contribution in [2.75, 3.05) is 40.0 Å². The van der Waals surface area contributed by atoms with E-state index < -0.39 is 0 Å². The summed E-state index contributed by atoms with van der Waals surface area (Å²) in [6.07, 6.45) is 0. The number of ether oxygens (including phenoxy) is 2. The molecule has 0 spiro atoms. The molecule has 6 nitrogen and oxygen atoms in total. The van der Waals surface area contributed by atoms with Gasteiger partial charge in [-0.05, 0) is 31.0 Å². The predicted molar refractivity (Wildman–Crippen MR) is 87.9 cm³/mol. The van der Waals surface area contributed by atoms with Gasteiger partial charge in [0.05, 0.1) is 26.3 Å². The lowest BCUT2D eigenvalue weighted by atomic mass is 10.1. The van der Waals surface area contributed by atoms with Crippen LogP contribution in [0.5, 0.6) is 0 Å². The zero-order valence-electron chi connectivity index (χ0n) is 14.4. The van der Waals surface area contributed by atoms with Crippen LogP contribution in [0.2, 0.25) is 0 Å². The van der Waals surface area contributed by atoms with Crippen molar-refractivity contribution >= 4 is 11.9 Å². The molecule has 0 aromatic heterocycles. The molecule has 1 aromatic rings. The van der Waals surface area contributed by atoms with Crippen LogP contribution < -0.4 is 5.32 Å². The van der Waals surface area contributed by atoms with Gasteiger partial charge in [-0.15, -0.1) is 0 Å². The SMILES string of the molecule is CCOC(=O)CN(CCOC)CC(=O)NCc1ccc(C)c(F)c1. The molecular weight excluding hydrogens is 315 g/mol. The maximum atomic E-state index is 13.5. The second-order valence-electron chi connectivity index (χ2n) is 5.37. The third-order valence-electron chi connectivity index (χ3n) is 3.36. The van der Waals surface area contributed by atoms with Crippen LogP contribution in [0.25, 0.3) is 0 Å². The summed E-state index contributed by atoms with van der Waals surface area (Å²) in [6.45, 7) is 4.82. The van der Waals surface area contributed by atoms with E-state index in [9.17, 15) is 14.0 Å². The molecule has 0 aliphatic rings. The highest BCUT2D eigenvalue weighted by Crippen LogP contribution is 2.08. The molecule has 1 N–H and O–H groups in total.